The fourth-order valence-electron chi connectivity index (χ4n) is 1.14. The van der Waals surface area contributed by atoms with E-state index in [2.05, 4.69) is 0 Å². The van der Waals surface area contributed by atoms with Gasteiger partial charge in [-0.05, 0) is 18.6 Å². The number of hydrogen-bond acceptors (Lipinski definition) is 4. The molecule has 4 N–H and O–H groups in total. The number of carboxylic acids is 1. The summed E-state index contributed by atoms with van der Waals surface area (Å²) in [6.07, 6.45) is 0. The lowest BCUT2D eigenvalue weighted by Gasteiger charge is -2.10. The number of aromatic carboxylic acids is 1. The minimum absolute atomic E-state index is 0.0251. The van der Waals surface area contributed by atoms with Crippen LogP contribution in [-0.2, 0) is 0 Å². The van der Waals surface area contributed by atoms with Gasteiger partial charge in [0, 0.05) is 0 Å². The molecule has 0 aromatic heterocycles. The molecule has 1 aromatic rings. The van der Waals surface area contributed by atoms with Gasteiger partial charge < -0.3 is 20.7 Å². The summed E-state index contributed by atoms with van der Waals surface area (Å²) in [6, 6.07) is 1.24. The summed E-state index contributed by atoms with van der Waals surface area (Å²) in [5.41, 5.74) is 5.89. The average Bonchev–Trinajstić information content (AvgIpc) is 2.14. The minimum Gasteiger partial charge on any atom is -0.503 e. The number of phenolic OH excluding ortho intramolecular Hbond substituents is 1. The summed E-state index contributed by atoms with van der Waals surface area (Å²) in [6.45, 7) is 1.53. The third-order valence-electron chi connectivity index (χ3n) is 2.02. The summed E-state index contributed by atoms with van der Waals surface area (Å²) in [5, 5.41) is 18.2. The number of aromatic hydroxyl groups is 1. The minimum atomic E-state index is -1.10. The van der Waals surface area contributed by atoms with Crippen LogP contribution in [0.25, 0.3) is 0 Å². The van der Waals surface area contributed by atoms with Crippen molar-refractivity contribution < 1.29 is 19.7 Å². The number of phenols is 1. The molecule has 0 bridgehead atoms. The molecule has 5 nitrogen and oxygen atoms in total. The van der Waals surface area contributed by atoms with Gasteiger partial charge in [0.25, 0.3) is 0 Å². The molecular weight excluding hydrogens is 186 g/mol. The smallest absolute Gasteiger partial charge is 0.336 e. The van der Waals surface area contributed by atoms with Crippen LogP contribution >= 0.6 is 0 Å². The molecule has 0 atom stereocenters. The molecule has 1 aromatic carbocycles. The van der Waals surface area contributed by atoms with Crippen molar-refractivity contribution in [3.8, 4) is 11.5 Å². The fourth-order valence-corrected chi connectivity index (χ4v) is 1.14. The Balaban J connectivity index is 3.48. The first-order valence-corrected chi connectivity index (χ1v) is 3.88. The lowest BCUT2D eigenvalue weighted by Crippen LogP contribution is -2.04. The van der Waals surface area contributed by atoms with Gasteiger partial charge in [-0.1, -0.05) is 0 Å². The lowest BCUT2D eigenvalue weighted by atomic mass is 10.1. The molecule has 0 amide bonds. The number of nitrogens with two attached hydrogens (primary N) is 1. The summed E-state index contributed by atoms with van der Waals surface area (Å²) in [5.74, 6) is -1.27. The number of hydrogen-bond donors (Lipinski definition) is 3. The molecule has 76 valence electrons. The molecule has 0 saturated heterocycles. The highest BCUT2D eigenvalue weighted by molar-refractivity contribution is 5.93. The van der Waals surface area contributed by atoms with Gasteiger partial charge in [-0.3, -0.25) is 0 Å². The first kappa shape index (κ1) is 10.2. The van der Waals surface area contributed by atoms with Gasteiger partial charge in [0.2, 0.25) is 0 Å². The first-order chi connectivity index (χ1) is 6.49. The third kappa shape index (κ3) is 1.44. The number of benzene rings is 1. The predicted molar refractivity (Wildman–Crippen MR) is 50.8 cm³/mol. The monoisotopic (exact) mass is 197 g/mol. The predicted octanol–water partition coefficient (Wildman–Crippen LogP) is 0.990. The van der Waals surface area contributed by atoms with Crippen molar-refractivity contribution >= 4 is 11.7 Å². The zero-order valence-corrected chi connectivity index (χ0v) is 7.87. The molecule has 0 heterocycles. The standard InChI is InChI=1S/C9H11NO4/c1-4-5(9(12)13)3-6(14-2)8(11)7(4)10/h3,11H,10H2,1-2H3,(H,12,13). The van der Waals surface area contributed by atoms with E-state index in [1.165, 1.54) is 20.1 Å². The van der Waals surface area contributed by atoms with E-state index >= 15 is 0 Å². The van der Waals surface area contributed by atoms with E-state index in [0.717, 1.165) is 0 Å². The molecule has 0 aliphatic carbocycles. The topological polar surface area (TPSA) is 92.8 Å². The normalized spacial score (nSPS) is 9.86. The van der Waals surface area contributed by atoms with Gasteiger partial charge in [0.1, 0.15) is 0 Å². The van der Waals surface area contributed by atoms with Crippen LogP contribution in [0.2, 0.25) is 0 Å². The highest BCUT2D eigenvalue weighted by Gasteiger charge is 2.16. The van der Waals surface area contributed by atoms with Gasteiger partial charge in [-0.2, -0.15) is 0 Å². The Kier molecular flexibility index (Phi) is 2.51. The van der Waals surface area contributed by atoms with Gasteiger partial charge in [0.05, 0.1) is 18.4 Å². The summed E-state index contributed by atoms with van der Waals surface area (Å²) in [4.78, 5) is 10.8. The lowest BCUT2D eigenvalue weighted by molar-refractivity contribution is 0.0695. The van der Waals surface area contributed by atoms with Gasteiger partial charge in [0.15, 0.2) is 11.5 Å². The second-order valence-corrected chi connectivity index (χ2v) is 2.82. The number of ether oxygens (including phenoxy) is 1. The molecule has 0 saturated carbocycles. The van der Waals surface area contributed by atoms with E-state index in [0.29, 0.717) is 5.56 Å². The maximum atomic E-state index is 10.8. The number of carbonyl (C=O) groups is 1. The fraction of sp³-hybridized carbons (Fsp3) is 0.222. The largest absolute Gasteiger partial charge is 0.503 e. The average molecular weight is 197 g/mol. The molecule has 14 heavy (non-hydrogen) atoms. The van der Waals surface area contributed by atoms with Crippen molar-refractivity contribution in [3.63, 3.8) is 0 Å². The SMILES string of the molecule is COc1cc(C(=O)O)c(C)c(N)c1O. The number of methoxy groups -OCH3 is 1. The molecule has 0 aliphatic heterocycles. The highest BCUT2D eigenvalue weighted by Crippen LogP contribution is 2.36. The van der Waals surface area contributed by atoms with Crippen LogP contribution in [0.5, 0.6) is 11.5 Å². The molecule has 1 rings (SSSR count). The Morgan fingerprint density at radius 2 is 2.14 bits per heavy atom. The molecule has 5 heteroatoms. The molecule has 0 spiro atoms. The van der Waals surface area contributed by atoms with Crippen molar-refractivity contribution in [2.24, 2.45) is 0 Å². The van der Waals surface area contributed by atoms with E-state index in [1.54, 1.807) is 0 Å². The van der Waals surface area contributed by atoms with E-state index in [-0.39, 0.29) is 22.7 Å². The van der Waals surface area contributed by atoms with Crippen molar-refractivity contribution in [2.75, 3.05) is 12.8 Å². The zero-order chi connectivity index (χ0) is 10.9. The van der Waals surface area contributed by atoms with Crippen molar-refractivity contribution in [2.45, 2.75) is 6.92 Å². The number of carboxylic acid groups (broad SMARTS) is 1. The van der Waals surface area contributed by atoms with Crippen molar-refractivity contribution in [1.82, 2.24) is 0 Å². The number of nitrogen functional groups attached to an aromatic ring is 1. The van der Waals surface area contributed by atoms with Crippen LogP contribution < -0.4 is 10.5 Å². The molecular formula is C9H11NO4. The van der Waals surface area contributed by atoms with Gasteiger partial charge >= 0.3 is 5.97 Å². The molecule has 0 unspecified atom stereocenters. The van der Waals surface area contributed by atoms with Gasteiger partial charge in [-0.25, -0.2) is 4.79 Å². The van der Waals surface area contributed by atoms with E-state index in [9.17, 15) is 9.90 Å². The van der Waals surface area contributed by atoms with Crippen LogP contribution in [0.4, 0.5) is 5.69 Å². The van der Waals surface area contributed by atoms with Crippen LogP contribution in [0.15, 0.2) is 6.07 Å². The van der Waals surface area contributed by atoms with E-state index < -0.39 is 5.97 Å². The van der Waals surface area contributed by atoms with E-state index in [4.69, 9.17) is 15.6 Å². The van der Waals surface area contributed by atoms with Gasteiger partial charge in [-0.15, -0.1) is 0 Å². The Hall–Kier alpha value is -1.91. The second-order valence-electron chi connectivity index (χ2n) is 2.82. The summed E-state index contributed by atoms with van der Waals surface area (Å²) < 4.78 is 4.78. The van der Waals surface area contributed by atoms with Crippen LogP contribution in [0.3, 0.4) is 0 Å². The summed E-state index contributed by atoms with van der Waals surface area (Å²) in [7, 11) is 1.33. The van der Waals surface area contributed by atoms with Crippen LogP contribution in [0.1, 0.15) is 15.9 Å². The first-order valence-electron chi connectivity index (χ1n) is 3.88. The van der Waals surface area contributed by atoms with E-state index in [1.807, 2.05) is 0 Å². The maximum absolute atomic E-state index is 10.8. The molecule has 0 aliphatic rings. The Bertz CT molecular complexity index is 387. The summed E-state index contributed by atoms with van der Waals surface area (Å²) >= 11 is 0. The van der Waals surface area contributed by atoms with Crippen LogP contribution in [-0.4, -0.2) is 23.3 Å². The van der Waals surface area contributed by atoms with Crippen molar-refractivity contribution in [1.29, 1.82) is 0 Å². The quantitative estimate of drug-likeness (QED) is 0.485. The second kappa shape index (κ2) is 3.45. The molecule has 0 fully saturated rings. The highest BCUT2D eigenvalue weighted by atomic mass is 16.5. The Morgan fingerprint density at radius 3 is 2.57 bits per heavy atom. The zero-order valence-electron chi connectivity index (χ0n) is 7.87. The molecule has 0 radical (unpaired) electrons. The third-order valence-corrected chi connectivity index (χ3v) is 2.02. The number of rotatable bonds is 2. The van der Waals surface area contributed by atoms with Crippen LogP contribution in [0, 0.1) is 6.92 Å². The maximum Gasteiger partial charge on any atom is 0.336 e. The Labute approximate surface area is 80.7 Å². The van der Waals surface area contributed by atoms with Crippen molar-refractivity contribution in [3.05, 3.63) is 17.2 Å². The number of anilines is 1. The Morgan fingerprint density at radius 1 is 1.57 bits per heavy atom.